The molecule has 0 amide bonds. The van der Waals surface area contributed by atoms with Crippen LogP contribution in [-0.4, -0.2) is 0 Å². The van der Waals surface area contributed by atoms with E-state index in [1.54, 1.807) is 0 Å². The standard InChI is InChI=1S/C42H37N/c1-41(2)39-23-15-14-22-37(39)38-29-31(24-25-40(38)42(41,3)4)33-26-32(30-16-8-5-9-17-30)27-36(28-33)43(34-18-10-6-11-19-34)35-20-12-7-13-21-35/h5-29H,1-4H3. The molecule has 0 bridgehead atoms. The summed E-state index contributed by atoms with van der Waals surface area (Å²) in [5, 5.41) is 0. The highest BCUT2D eigenvalue weighted by Gasteiger charge is 2.45. The molecule has 0 unspecified atom stereocenters. The fourth-order valence-electron chi connectivity index (χ4n) is 6.73. The highest BCUT2D eigenvalue weighted by Crippen LogP contribution is 2.54. The van der Waals surface area contributed by atoms with E-state index in [2.05, 4.69) is 184 Å². The third-order valence-electron chi connectivity index (χ3n) is 9.79. The lowest BCUT2D eigenvalue weighted by Crippen LogP contribution is -2.43. The molecule has 210 valence electrons. The molecule has 1 aliphatic rings. The molecule has 0 N–H and O–H groups in total. The number of nitrogens with zero attached hydrogens (tertiary/aromatic N) is 1. The minimum atomic E-state index is -0.0102. The van der Waals surface area contributed by atoms with Gasteiger partial charge in [-0.25, -0.2) is 0 Å². The summed E-state index contributed by atoms with van der Waals surface area (Å²) in [4.78, 5) is 2.36. The molecule has 1 heteroatoms. The lowest BCUT2D eigenvalue weighted by Gasteiger charge is -2.48. The average Bonchev–Trinajstić information content (AvgIpc) is 3.05. The summed E-state index contributed by atoms with van der Waals surface area (Å²) in [6.07, 6.45) is 0. The first kappa shape index (κ1) is 27.0. The molecule has 0 saturated carbocycles. The van der Waals surface area contributed by atoms with Crippen molar-refractivity contribution in [1.29, 1.82) is 0 Å². The largest absolute Gasteiger partial charge is 0.310 e. The van der Waals surface area contributed by atoms with Crippen LogP contribution in [0.1, 0.15) is 38.8 Å². The SMILES string of the molecule is CC1(C)c2ccccc2-c2cc(-c3cc(-c4ccccc4)cc(N(c4ccccc4)c4ccccc4)c3)ccc2C1(C)C. The Morgan fingerprint density at radius 1 is 0.349 bits per heavy atom. The van der Waals surface area contributed by atoms with Crippen molar-refractivity contribution in [3.05, 3.63) is 163 Å². The van der Waals surface area contributed by atoms with Crippen LogP contribution < -0.4 is 4.90 Å². The van der Waals surface area contributed by atoms with Crippen LogP contribution in [-0.2, 0) is 10.8 Å². The maximum Gasteiger partial charge on any atom is 0.0473 e. The van der Waals surface area contributed by atoms with E-state index in [1.807, 2.05) is 0 Å². The first-order valence-corrected chi connectivity index (χ1v) is 15.2. The van der Waals surface area contributed by atoms with E-state index in [4.69, 9.17) is 0 Å². The van der Waals surface area contributed by atoms with E-state index in [-0.39, 0.29) is 10.8 Å². The summed E-state index contributed by atoms with van der Waals surface area (Å²) in [6.45, 7) is 9.57. The van der Waals surface area contributed by atoms with Gasteiger partial charge >= 0.3 is 0 Å². The molecule has 0 heterocycles. The predicted molar refractivity (Wildman–Crippen MR) is 183 cm³/mol. The minimum absolute atomic E-state index is 0.0102. The molecule has 0 saturated heterocycles. The van der Waals surface area contributed by atoms with Gasteiger partial charge in [0.25, 0.3) is 0 Å². The van der Waals surface area contributed by atoms with Gasteiger partial charge in [-0.2, -0.15) is 0 Å². The molecule has 0 fully saturated rings. The predicted octanol–water partition coefficient (Wildman–Crippen LogP) is 11.7. The fraction of sp³-hybridized carbons (Fsp3) is 0.143. The summed E-state index contributed by atoms with van der Waals surface area (Å²) in [6, 6.07) is 55.1. The maximum absolute atomic E-state index is 2.43. The molecule has 6 aromatic carbocycles. The van der Waals surface area contributed by atoms with Crippen molar-refractivity contribution in [1.82, 2.24) is 0 Å². The van der Waals surface area contributed by atoms with Crippen LogP contribution in [0.4, 0.5) is 17.1 Å². The van der Waals surface area contributed by atoms with Gasteiger partial charge in [0.2, 0.25) is 0 Å². The Balaban J connectivity index is 1.46. The number of fused-ring (bicyclic) bond motifs is 3. The lowest BCUT2D eigenvalue weighted by atomic mass is 9.55. The van der Waals surface area contributed by atoms with Gasteiger partial charge in [0.15, 0.2) is 0 Å². The van der Waals surface area contributed by atoms with Crippen LogP contribution in [0.25, 0.3) is 33.4 Å². The fourth-order valence-corrected chi connectivity index (χ4v) is 6.73. The van der Waals surface area contributed by atoms with Crippen LogP contribution >= 0.6 is 0 Å². The number of benzene rings is 6. The molecule has 0 aliphatic heterocycles. The van der Waals surface area contributed by atoms with Crippen molar-refractivity contribution < 1.29 is 0 Å². The van der Waals surface area contributed by atoms with Crippen molar-refractivity contribution >= 4 is 17.1 Å². The van der Waals surface area contributed by atoms with Crippen molar-refractivity contribution in [2.24, 2.45) is 0 Å². The van der Waals surface area contributed by atoms with E-state index in [1.165, 1.54) is 44.5 Å². The van der Waals surface area contributed by atoms with E-state index in [0.717, 1.165) is 17.1 Å². The normalized spacial score (nSPS) is 14.4. The number of hydrogen-bond donors (Lipinski definition) is 0. The quantitative estimate of drug-likeness (QED) is 0.204. The van der Waals surface area contributed by atoms with Crippen molar-refractivity contribution in [2.75, 3.05) is 4.90 Å². The summed E-state index contributed by atoms with van der Waals surface area (Å²) < 4.78 is 0. The molecule has 1 nitrogen and oxygen atoms in total. The van der Waals surface area contributed by atoms with Crippen LogP contribution in [0.3, 0.4) is 0 Å². The molecule has 43 heavy (non-hydrogen) atoms. The van der Waals surface area contributed by atoms with Gasteiger partial charge in [-0.05, 0) is 104 Å². The molecular formula is C42H37N. The zero-order valence-corrected chi connectivity index (χ0v) is 25.4. The molecule has 0 aromatic heterocycles. The molecule has 7 rings (SSSR count). The topological polar surface area (TPSA) is 3.24 Å². The van der Waals surface area contributed by atoms with Gasteiger partial charge in [0, 0.05) is 17.1 Å². The Hall–Kier alpha value is -4.88. The lowest BCUT2D eigenvalue weighted by molar-refractivity contribution is 0.299. The van der Waals surface area contributed by atoms with E-state index < -0.39 is 0 Å². The minimum Gasteiger partial charge on any atom is -0.310 e. The summed E-state index contributed by atoms with van der Waals surface area (Å²) in [5.41, 5.74) is 13.8. The van der Waals surface area contributed by atoms with Crippen LogP contribution in [0.5, 0.6) is 0 Å². The number of para-hydroxylation sites is 2. The molecule has 0 spiro atoms. The maximum atomic E-state index is 2.43. The monoisotopic (exact) mass is 555 g/mol. The summed E-state index contributed by atoms with van der Waals surface area (Å²) in [7, 11) is 0. The van der Waals surface area contributed by atoms with E-state index in [9.17, 15) is 0 Å². The average molecular weight is 556 g/mol. The van der Waals surface area contributed by atoms with Crippen molar-refractivity contribution in [2.45, 2.75) is 38.5 Å². The first-order valence-electron chi connectivity index (χ1n) is 15.2. The van der Waals surface area contributed by atoms with Gasteiger partial charge in [-0.15, -0.1) is 0 Å². The Labute approximate surface area is 256 Å². The summed E-state index contributed by atoms with van der Waals surface area (Å²) >= 11 is 0. The molecule has 1 aliphatic carbocycles. The molecule has 6 aromatic rings. The number of rotatable bonds is 5. The molecule has 0 radical (unpaired) electrons. The van der Waals surface area contributed by atoms with Gasteiger partial charge in [0.05, 0.1) is 0 Å². The highest BCUT2D eigenvalue weighted by molar-refractivity contribution is 5.87. The van der Waals surface area contributed by atoms with Crippen LogP contribution in [0, 0.1) is 0 Å². The summed E-state index contributed by atoms with van der Waals surface area (Å²) in [5.74, 6) is 0. The second-order valence-corrected chi connectivity index (χ2v) is 12.7. The third-order valence-corrected chi connectivity index (χ3v) is 9.79. The van der Waals surface area contributed by atoms with Gasteiger partial charge in [0.1, 0.15) is 0 Å². The van der Waals surface area contributed by atoms with E-state index >= 15 is 0 Å². The second-order valence-electron chi connectivity index (χ2n) is 12.7. The Bertz CT molecular complexity index is 1860. The Morgan fingerprint density at radius 3 is 1.44 bits per heavy atom. The molecular weight excluding hydrogens is 518 g/mol. The van der Waals surface area contributed by atoms with Crippen LogP contribution in [0.15, 0.2) is 152 Å². The smallest absolute Gasteiger partial charge is 0.0473 e. The Morgan fingerprint density at radius 2 is 0.837 bits per heavy atom. The van der Waals surface area contributed by atoms with Gasteiger partial charge in [-0.3, -0.25) is 0 Å². The third kappa shape index (κ3) is 4.57. The van der Waals surface area contributed by atoms with E-state index in [0.29, 0.717) is 0 Å². The highest BCUT2D eigenvalue weighted by atomic mass is 15.1. The zero-order valence-electron chi connectivity index (χ0n) is 25.4. The first-order chi connectivity index (χ1) is 20.8. The second kappa shape index (κ2) is 10.4. The molecule has 0 atom stereocenters. The van der Waals surface area contributed by atoms with Crippen LogP contribution in [0.2, 0.25) is 0 Å². The Kier molecular flexibility index (Phi) is 6.55. The van der Waals surface area contributed by atoms with Gasteiger partial charge in [-0.1, -0.05) is 131 Å². The van der Waals surface area contributed by atoms with Gasteiger partial charge < -0.3 is 4.90 Å². The van der Waals surface area contributed by atoms with Crippen molar-refractivity contribution in [3.63, 3.8) is 0 Å². The number of hydrogen-bond acceptors (Lipinski definition) is 1. The zero-order chi connectivity index (χ0) is 29.6. The van der Waals surface area contributed by atoms with Crippen molar-refractivity contribution in [3.8, 4) is 33.4 Å². The number of anilines is 3.